The van der Waals surface area contributed by atoms with Gasteiger partial charge in [0, 0.05) is 51.2 Å². The number of benzene rings is 4. The lowest BCUT2D eigenvalue weighted by atomic mass is 9.90. The van der Waals surface area contributed by atoms with Crippen molar-refractivity contribution < 1.29 is 4.79 Å². The summed E-state index contributed by atoms with van der Waals surface area (Å²) in [5.74, 6) is 7.35. The van der Waals surface area contributed by atoms with Gasteiger partial charge < -0.3 is 16.0 Å². The first-order valence-corrected chi connectivity index (χ1v) is 17.3. The smallest absolute Gasteiger partial charge is 0.252 e. The zero-order valence-electron chi connectivity index (χ0n) is 26.8. The SMILES string of the molecule is NCc1ccc(CNC(=O)c2cc(-c3c[nH]c4ccc(Br)cc34)nc3ccc(C#CCN4CCC(Cc5ccccc5)CC4)cc23)cc1. The number of nitrogens with two attached hydrogens (primary N) is 1. The molecule has 1 aliphatic heterocycles. The van der Waals surface area contributed by atoms with E-state index in [1.165, 1.54) is 18.4 Å². The van der Waals surface area contributed by atoms with Crippen LogP contribution in [-0.2, 0) is 19.5 Å². The predicted octanol–water partition coefficient (Wildman–Crippen LogP) is 7.84. The Morgan fingerprint density at radius 2 is 1.71 bits per heavy atom. The molecule has 0 saturated carbocycles. The summed E-state index contributed by atoms with van der Waals surface area (Å²) in [6.45, 7) is 3.77. The summed E-state index contributed by atoms with van der Waals surface area (Å²) in [6, 6.07) is 32.8. The number of aromatic amines is 1. The number of nitrogens with zero attached hydrogens (tertiary/aromatic N) is 2. The van der Waals surface area contributed by atoms with Gasteiger partial charge in [0.2, 0.25) is 0 Å². The van der Waals surface area contributed by atoms with Gasteiger partial charge in [-0.25, -0.2) is 4.98 Å². The third kappa shape index (κ3) is 7.37. The van der Waals surface area contributed by atoms with E-state index >= 15 is 0 Å². The number of hydrogen-bond acceptors (Lipinski definition) is 4. The minimum Gasteiger partial charge on any atom is -0.360 e. The molecule has 1 aliphatic rings. The second-order valence-corrected chi connectivity index (χ2v) is 13.5. The number of halogens is 1. The Labute approximate surface area is 289 Å². The van der Waals surface area contributed by atoms with E-state index < -0.39 is 0 Å². The molecule has 6 aromatic rings. The number of likely N-dealkylation sites (tertiary alicyclic amines) is 1. The van der Waals surface area contributed by atoms with Gasteiger partial charge in [0.05, 0.1) is 23.3 Å². The molecule has 3 heterocycles. The number of fused-ring (bicyclic) bond motifs is 2. The molecule has 7 heteroatoms. The average molecular weight is 697 g/mol. The highest BCUT2D eigenvalue weighted by molar-refractivity contribution is 9.10. The fourth-order valence-corrected chi connectivity index (χ4v) is 6.92. The van der Waals surface area contributed by atoms with Crippen LogP contribution in [0, 0.1) is 17.8 Å². The molecule has 240 valence electrons. The number of rotatable bonds is 8. The summed E-state index contributed by atoms with van der Waals surface area (Å²) < 4.78 is 0.982. The Balaban J connectivity index is 1.12. The Bertz CT molecular complexity index is 2120. The monoisotopic (exact) mass is 695 g/mol. The third-order valence-electron chi connectivity index (χ3n) is 9.29. The summed E-state index contributed by atoms with van der Waals surface area (Å²) in [4.78, 5) is 24.7. The quantitative estimate of drug-likeness (QED) is 0.142. The minimum atomic E-state index is -0.156. The number of hydrogen-bond donors (Lipinski definition) is 3. The summed E-state index contributed by atoms with van der Waals surface area (Å²) in [6.07, 6.45) is 5.50. The van der Waals surface area contributed by atoms with Gasteiger partial charge in [-0.2, -0.15) is 0 Å². The van der Waals surface area contributed by atoms with Crippen LogP contribution in [0.5, 0.6) is 0 Å². The molecule has 0 aliphatic carbocycles. The summed E-state index contributed by atoms with van der Waals surface area (Å²) in [5.41, 5.74) is 14.1. The predicted molar refractivity (Wildman–Crippen MR) is 198 cm³/mol. The molecule has 0 spiro atoms. The number of carbonyl (C=O) groups is 1. The molecule has 4 aromatic carbocycles. The molecule has 7 rings (SSSR count). The molecule has 0 radical (unpaired) electrons. The average Bonchev–Trinajstić information content (AvgIpc) is 3.54. The molecule has 1 saturated heterocycles. The van der Waals surface area contributed by atoms with Gasteiger partial charge in [-0.15, -0.1) is 0 Å². The number of piperidine rings is 1. The highest BCUT2D eigenvalue weighted by Crippen LogP contribution is 2.32. The summed E-state index contributed by atoms with van der Waals surface area (Å²) in [5, 5.41) is 4.95. The van der Waals surface area contributed by atoms with Crippen LogP contribution in [0.15, 0.2) is 108 Å². The lowest BCUT2D eigenvalue weighted by Crippen LogP contribution is -2.34. The first-order valence-electron chi connectivity index (χ1n) is 16.6. The molecular formula is C41H38BrN5O. The number of pyridine rings is 1. The van der Waals surface area contributed by atoms with Crippen LogP contribution in [0.25, 0.3) is 33.1 Å². The Kier molecular flexibility index (Phi) is 9.67. The van der Waals surface area contributed by atoms with E-state index in [0.29, 0.717) is 18.7 Å². The molecule has 1 fully saturated rings. The third-order valence-corrected chi connectivity index (χ3v) is 9.79. The van der Waals surface area contributed by atoms with E-state index in [1.54, 1.807) is 0 Å². The van der Waals surface area contributed by atoms with E-state index in [1.807, 2.05) is 66.9 Å². The first kappa shape index (κ1) is 31.8. The normalized spacial score (nSPS) is 13.8. The standard InChI is InChI=1S/C41H38BrN5O/c42-33-13-15-38-35(23-33)37(27-44-38)40-24-36(41(48)45-26-32-10-8-31(25-43)9-11-32)34-22-29(12-14-39(34)46-40)7-4-18-47-19-16-30(17-20-47)21-28-5-2-1-3-6-28/h1-3,5-6,8-15,22-24,27,30,44H,16-21,25-26,43H2,(H,45,48). The maximum Gasteiger partial charge on any atom is 0.252 e. The maximum absolute atomic E-state index is 13.9. The van der Waals surface area contributed by atoms with E-state index in [0.717, 1.165) is 86.2 Å². The number of H-pyrrole nitrogens is 1. The number of aromatic nitrogens is 2. The van der Waals surface area contributed by atoms with E-state index in [-0.39, 0.29) is 5.91 Å². The fraction of sp³-hybridized carbons (Fsp3) is 0.220. The van der Waals surface area contributed by atoms with Gasteiger partial charge in [-0.05, 0) is 97.4 Å². The highest BCUT2D eigenvalue weighted by atomic mass is 79.9. The highest BCUT2D eigenvalue weighted by Gasteiger charge is 2.19. The molecule has 48 heavy (non-hydrogen) atoms. The van der Waals surface area contributed by atoms with Crippen molar-refractivity contribution in [1.29, 1.82) is 0 Å². The number of carbonyl (C=O) groups excluding carboxylic acids is 1. The molecular weight excluding hydrogens is 658 g/mol. The van der Waals surface area contributed by atoms with Crippen molar-refractivity contribution in [1.82, 2.24) is 20.2 Å². The Morgan fingerprint density at radius 3 is 2.50 bits per heavy atom. The topological polar surface area (TPSA) is 87.0 Å². The molecule has 2 aromatic heterocycles. The van der Waals surface area contributed by atoms with Gasteiger partial charge in [-0.1, -0.05) is 82.4 Å². The van der Waals surface area contributed by atoms with Crippen LogP contribution in [0.1, 0.15) is 45.5 Å². The molecule has 1 amide bonds. The largest absolute Gasteiger partial charge is 0.360 e. The molecule has 0 unspecified atom stereocenters. The zero-order chi connectivity index (χ0) is 32.9. The lowest BCUT2D eigenvalue weighted by molar-refractivity contribution is 0.0952. The Morgan fingerprint density at radius 1 is 0.917 bits per heavy atom. The van der Waals surface area contributed by atoms with E-state index in [2.05, 4.69) is 79.4 Å². The molecule has 0 bridgehead atoms. The van der Waals surface area contributed by atoms with E-state index in [9.17, 15) is 4.79 Å². The molecule has 6 nitrogen and oxygen atoms in total. The van der Waals surface area contributed by atoms with Crippen LogP contribution >= 0.6 is 15.9 Å². The van der Waals surface area contributed by atoms with Crippen molar-refractivity contribution in [3.63, 3.8) is 0 Å². The first-order chi connectivity index (χ1) is 23.5. The van der Waals surface area contributed by atoms with Crippen molar-refractivity contribution in [2.75, 3.05) is 19.6 Å². The second-order valence-electron chi connectivity index (χ2n) is 12.6. The zero-order valence-corrected chi connectivity index (χ0v) is 28.4. The van der Waals surface area contributed by atoms with Crippen LogP contribution in [-0.4, -0.2) is 40.4 Å². The van der Waals surface area contributed by atoms with Crippen molar-refractivity contribution >= 4 is 43.6 Å². The fourth-order valence-electron chi connectivity index (χ4n) is 6.55. The summed E-state index contributed by atoms with van der Waals surface area (Å²) >= 11 is 3.60. The summed E-state index contributed by atoms with van der Waals surface area (Å²) in [7, 11) is 0. The van der Waals surface area contributed by atoms with Crippen molar-refractivity contribution in [2.24, 2.45) is 11.7 Å². The molecule has 0 atom stereocenters. The van der Waals surface area contributed by atoms with Gasteiger partial charge in [0.1, 0.15) is 0 Å². The van der Waals surface area contributed by atoms with Gasteiger partial charge in [0.25, 0.3) is 5.91 Å². The van der Waals surface area contributed by atoms with Gasteiger partial charge >= 0.3 is 0 Å². The van der Waals surface area contributed by atoms with Gasteiger partial charge in [-0.3, -0.25) is 9.69 Å². The Hall–Kier alpha value is -4.74. The van der Waals surface area contributed by atoms with Crippen LogP contribution in [0.2, 0.25) is 0 Å². The van der Waals surface area contributed by atoms with Crippen molar-refractivity contribution in [3.05, 3.63) is 136 Å². The second kappa shape index (κ2) is 14.6. The lowest BCUT2D eigenvalue weighted by Gasteiger charge is -2.30. The van der Waals surface area contributed by atoms with Crippen LogP contribution in [0.4, 0.5) is 0 Å². The van der Waals surface area contributed by atoms with Crippen molar-refractivity contribution in [2.45, 2.75) is 32.4 Å². The van der Waals surface area contributed by atoms with Crippen molar-refractivity contribution in [3.8, 4) is 23.1 Å². The van der Waals surface area contributed by atoms with E-state index in [4.69, 9.17) is 10.7 Å². The van der Waals surface area contributed by atoms with Crippen LogP contribution in [0.3, 0.4) is 0 Å². The van der Waals surface area contributed by atoms with Gasteiger partial charge in [0.15, 0.2) is 0 Å². The number of nitrogens with one attached hydrogen (secondary N) is 2. The van der Waals surface area contributed by atoms with Crippen LogP contribution < -0.4 is 11.1 Å². The maximum atomic E-state index is 13.9. The minimum absolute atomic E-state index is 0.156. The number of amides is 1. The molecule has 4 N–H and O–H groups in total.